The van der Waals surface area contributed by atoms with Gasteiger partial charge in [-0.3, -0.25) is 24.0 Å². The Morgan fingerprint density at radius 1 is 0.833 bits per heavy atom. The fourth-order valence-corrected chi connectivity index (χ4v) is 4.31. The minimum atomic E-state index is -1.50. The van der Waals surface area contributed by atoms with Crippen LogP contribution in [0.15, 0.2) is 22.9 Å². The van der Waals surface area contributed by atoms with E-state index in [1.807, 2.05) is 0 Å². The van der Waals surface area contributed by atoms with Crippen LogP contribution in [-0.4, -0.2) is 67.0 Å². The second-order valence-electron chi connectivity index (χ2n) is 8.64. The standard InChI is InChI=1S/C24H30O12/c1-11-19(18(29)20(31-11)16-8-6-7-9-16)36-24-23(34-15(5)28)22(33-14(4)27)21(32-13(3)26)17(35-24)10-30-12(2)25/h17,21-24H,6-10H2,1-5H3/t17-,21-,22+,23-,24+/m1/s1. The lowest BCUT2D eigenvalue weighted by atomic mass is 9.98. The summed E-state index contributed by atoms with van der Waals surface area (Å²) in [4.78, 5) is 60.3. The van der Waals surface area contributed by atoms with Crippen molar-refractivity contribution in [2.45, 2.75) is 91.0 Å². The molecule has 0 unspecified atom stereocenters. The highest BCUT2D eigenvalue weighted by atomic mass is 16.7. The molecule has 198 valence electrons. The number of ketones is 1. The van der Waals surface area contributed by atoms with E-state index >= 15 is 0 Å². The molecule has 0 aromatic heterocycles. The monoisotopic (exact) mass is 510 g/mol. The van der Waals surface area contributed by atoms with Crippen molar-refractivity contribution in [3.8, 4) is 0 Å². The van der Waals surface area contributed by atoms with E-state index in [-0.39, 0.29) is 17.3 Å². The van der Waals surface area contributed by atoms with E-state index in [0.29, 0.717) is 0 Å². The second kappa shape index (κ2) is 11.5. The lowest BCUT2D eigenvalue weighted by Gasteiger charge is -2.43. The van der Waals surface area contributed by atoms with Crippen LogP contribution in [0.5, 0.6) is 0 Å². The average Bonchev–Trinajstić information content (AvgIpc) is 3.39. The van der Waals surface area contributed by atoms with Gasteiger partial charge < -0.3 is 33.2 Å². The van der Waals surface area contributed by atoms with Crippen LogP contribution in [0.1, 0.15) is 60.3 Å². The molecule has 2 heterocycles. The van der Waals surface area contributed by atoms with Gasteiger partial charge in [-0.1, -0.05) is 0 Å². The van der Waals surface area contributed by atoms with Crippen molar-refractivity contribution < 1.29 is 57.1 Å². The summed E-state index contributed by atoms with van der Waals surface area (Å²) in [6.45, 7) is 5.66. The second-order valence-corrected chi connectivity index (χ2v) is 8.64. The normalized spacial score (nSPS) is 27.9. The minimum Gasteiger partial charge on any atom is -0.463 e. The van der Waals surface area contributed by atoms with Gasteiger partial charge in [0.05, 0.1) is 0 Å². The highest BCUT2D eigenvalue weighted by Crippen LogP contribution is 2.37. The van der Waals surface area contributed by atoms with Gasteiger partial charge in [0.1, 0.15) is 18.5 Å². The molecule has 36 heavy (non-hydrogen) atoms. The van der Waals surface area contributed by atoms with Gasteiger partial charge in [-0.15, -0.1) is 0 Å². The number of hydrogen-bond acceptors (Lipinski definition) is 12. The number of allylic oxidation sites excluding steroid dienone is 2. The largest absolute Gasteiger partial charge is 0.463 e. The number of carbonyl (C=O) groups excluding carboxylic acids is 5. The summed E-state index contributed by atoms with van der Waals surface area (Å²) < 4.78 is 38.6. The maximum absolute atomic E-state index is 13.1. The fourth-order valence-electron chi connectivity index (χ4n) is 4.31. The molecule has 1 saturated heterocycles. The summed E-state index contributed by atoms with van der Waals surface area (Å²) in [6, 6.07) is 0. The molecule has 1 aliphatic carbocycles. The van der Waals surface area contributed by atoms with Gasteiger partial charge in [-0.25, -0.2) is 0 Å². The lowest BCUT2D eigenvalue weighted by Crippen LogP contribution is -2.63. The van der Waals surface area contributed by atoms with Crippen LogP contribution in [-0.2, 0) is 57.1 Å². The smallest absolute Gasteiger partial charge is 0.303 e. The third-order valence-electron chi connectivity index (χ3n) is 5.70. The van der Waals surface area contributed by atoms with Crippen molar-refractivity contribution in [2.75, 3.05) is 6.61 Å². The summed E-state index contributed by atoms with van der Waals surface area (Å²) in [5.41, 5.74) is 0.888. The summed E-state index contributed by atoms with van der Waals surface area (Å²) >= 11 is 0. The van der Waals surface area contributed by atoms with Gasteiger partial charge in [0.25, 0.3) is 5.78 Å². The van der Waals surface area contributed by atoms with Crippen LogP contribution in [0, 0.1) is 0 Å². The summed E-state index contributed by atoms with van der Waals surface area (Å²) in [7, 11) is 0. The molecular formula is C24H30O12. The van der Waals surface area contributed by atoms with Crippen molar-refractivity contribution in [1.29, 1.82) is 0 Å². The zero-order chi connectivity index (χ0) is 26.6. The Balaban J connectivity index is 1.97. The van der Waals surface area contributed by atoms with Gasteiger partial charge in [-0.05, 0) is 38.2 Å². The molecule has 12 nitrogen and oxygen atoms in total. The summed E-state index contributed by atoms with van der Waals surface area (Å²) in [6.07, 6.45) is -3.49. The van der Waals surface area contributed by atoms with Crippen LogP contribution in [0.2, 0.25) is 0 Å². The van der Waals surface area contributed by atoms with E-state index in [1.54, 1.807) is 6.92 Å². The van der Waals surface area contributed by atoms with Crippen LogP contribution in [0.4, 0.5) is 0 Å². The van der Waals surface area contributed by atoms with E-state index in [1.165, 1.54) is 6.92 Å². The molecule has 2 aliphatic heterocycles. The van der Waals surface area contributed by atoms with Crippen molar-refractivity contribution in [2.24, 2.45) is 0 Å². The molecule has 1 saturated carbocycles. The predicted molar refractivity (Wildman–Crippen MR) is 117 cm³/mol. The third kappa shape index (κ3) is 6.42. The molecule has 0 spiro atoms. The molecule has 12 heteroatoms. The molecule has 2 fully saturated rings. The number of ether oxygens (including phenoxy) is 7. The van der Waals surface area contributed by atoms with E-state index < -0.39 is 67.0 Å². The zero-order valence-electron chi connectivity index (χ0n) is 20.8. The van der Waals surface area contributed by atoms with Gasteiger partial charge >= 0.3 is 23.9 Å². The van der Waals surface area contributed by atoms with Gasteiger partial charge in [0.15, 0.2) is 18.0 Å². The quantitative estimate of drug-likeness (QED) is 0.279. The SMILES string of the molecule is CC(=O)OC[C@H]1O[C@@H](OC2=C(C)OC(=C3CCCC3)C2=O)[C@H](OC(C)=O)[C@@H](OC(C)=O)[C@@H]1OC(C)=O. The van der Waals surface area contributed by atoms with Crippen molar-refractivity contribution in [3.05, 3.63) is 22.9 Å². The van der Waals surface area contributed by atoms with E-state index in [2.05, 4.69) is 0 Å². The average molecular weight is 510 g/mol. The minimum absolute atomic E-state index is 0.162. The van der Waals surface area contributed by atoms with Crippen LogP contribution >= 0.6 is 0 Å². The molecule has 0 radical (unpaired) electrons. The highest BCUT2D eigenvalue weighted by molar-refractivity contribution is 6.08. The van der Waals surface area contributed by atoms with E-state index in [4.69, 9.17) is 33.2 Å². The third-order valence-corrected chi connectivity index (χ3v) is 5.70. The number of hydrogen-bond donors (Lipinski definition) is 0. The van der Waals surface area contributed by atoms with Gasteiger partial charge in [-0.2, -0.15) is 0 Å². The van der Waals surface area contributed by atoms with Crippen molar-refractivity contribution in [1.82, 2.24) is 0 Å². The van der Waals surface area contributed by atoms with Crippen molar-refractivity contribution >= 4 is 29.7 Å². The summed E-state index contributed by atoms with van der Waals surface area (Å²) in [5.74, 6) is -3.21. The number of rotatable bonds is 7. The highest BCUT2D eigenvalue weighted by Gasteiger charge is 2.54. The Kier molecular flexibility index (Phi) is 8.72. The Morgan fingerprint density at radius 2 is 1.39 bits per heavy atom. The Labute approximate surface area is 207 Å². The van der Waals surface area contributed by atoms with Crippen LogP contribution in [0.3, 0.4) is 0 Å². The Hall–Kier alpha value is -3.41. The van der Waals surface area contributed by atoms with Crippen LogP contribution < -0.4 is 0 Å². The molecule has 0 amide bonds. The van der Waals surface area contributed by atoms with Gasteiger partial charge in [0.2, 0.25) is 18.2 Å². The Bertz CT molecular complexity index is 985. The maximum Gasteiger partial charge on any atom is 0.303 e. The first-order valence-corrected chi connectivity index (χ1v) is 11.6. The fraction of sp³-hybridized carbons (Fsp3) is 0.625. The molecule has 3 rings (SSSR count). The van der Waals surface area contributed by atoms with Crippen molar-refractivity contribution in [3.63, 3.8) is 0 Å². The molecule has 0 aromatic rings. The van der Waals surface area contributed by atoms with E-state index in [9.17, 15) is 24.0 Å². The number of Topliss-reactive ketones (excluding diaryl/α,β-unsaturated/α-hetero) is 1. The summed E-state index contributed by atoms with van der Waals surface area (Å²) in [5, 5.41) is 0. The first kappa shape index (κ1) is 27.2. The molecule has 5 atom stereocenters. The maximum atomic E-state index is 13.1. The lowest BCUT2D eigenvalue weighted by molar-refractivity contribution is -0.299. The topological polar surface area (TPSA) is 150 Å². The Morgan fingerprint density at radius 3 is 1.94 bits per heavy atom. The molecule has 0 aromatic carbocycles. The number of esters is 4. The molecule has 3 aliphatic rings. The first-order chi connectivity index (χ1) is 17.0. The number of carbonyl (C=O) groups is 5. The zero-order valence-corrected chi connectivity index (χ0v) is 20.8. The molecule has 0 N–H and O–H groups in total. The predicted octanol–water partition coefficient (Wildman–Crippen LogP) is 1.74. The van der Waals surface area contributed by atoms with Crippen LogP contribution in [0.25, 0.3) is 0 Å². The molecular weight excluding hydrogens is 480 g/mol. The van der Waals surface area contributed by atoms with E-state index in [0.717, 1.165) is 52.0 Å². The molecule has 0 bridgehead atoms. The first-order valence-electron chi connectivity index (χ1n) is 11.6. The van der Waals surface area contributed by atoms with Gasteiger partial charge in [0, 0.05) is 27.7 Å².